The van der Waals surface area contributed by atoms with E-state index in [-0.39, 0.29) is 30.8 Å². The Balaban J connectivity index is 0.00000242. The number of ether oxygens (including phenoxy) is 1. The maximum atomic E-state index is 13.1. The van der Waals surface area contributed by atoms with Gasteiger partial charge in [-0.05, 0) is 43.2 Å². The van der Waals surface area contributed by atoms with Crippen LogP contribution >= 0.6 is 12.4 Å². The van der Waals surface area contributed by atoms with Crippen LogP contribution in [0.1, 0.15) is 25.7 Å². The highest BCUT2D eigenvalue weighted by molar-refractivity contribution is 7.92. The maximum absolute atomic E-state index is 13.1. The van der Waals surface area contributed by atoms with Crippen molar-refractivity contribution in [3.63, 3.8) is 0 Å². The second-order valence-corrected chi connectivity index (χ2v) is 7.33. The molecular weight excluding hydrogens is 329 g/mol. The van der Waals surface area contributed by atoms with Crippen LogP contribution in [0.5, 0.6) is 5.75 Å². The molecule has 2 N–H and O–H groups in total. The summed E-state index contributed by atoms with van der Waals surface area (Å²) in [5.74, 6) is -0.0129. The van der Waals surface area contributed by atoms with Gasteiger partial charge < -0.3 is 10.5 Å². The average Bonchev–Trinajstić information content (AvgIpc) is 3.01. The second kappa shape index (κ2) is 8.50. The van der Waals surface area contributed by atoms with E-state index in [1.165, 1.54) is 18.2 Å². The van der Waals surface area contributed by atoms with Gasteiger partial charge in [-0.15, -0.1) is 12.4 Å². The van der Waals surface area contributed by atoms with E-state index in [4.69, 9.17) is 10.5 Å². The van der Waals surface area contributed by atoms with Crippen molar-refractivity contribution in [2.24, 2.45) is 5.73 Å². The van der Waals surface area contributed by atoms with Crippen LogP contribution in [0.25, 0.3) is 0 Å². The molecule has 22 heavy (non-hydrogen) atoms. The molecule has 1 saturated carbocycles. The number of benzene rings is 1. The molecule has 2 rings (SSSR count). The highest BCUT2D eigenvalue weighted by Gasteiger charge is 2.30. The molecule has 0 amide bonds. The number of hydrogen-bond acceptors (Lipinski definition) is 4. The minimum Gasteiger partial charge on any atom is -0.487 e. The van der Waals surface area contributed by atoms with Crippen molar-refractivity contribution < 1.29 is 17.5 Å². The molecule has 0 spiro atoms. The van der Waals surface area contributed by atoms with Crippen LogP contribution in [0.3, 0.4) is 0 Å². The third-order valence-electron chi connectivity index (χ3n) is 3.61. The zero-order valence-electron chi connectivity index (χ0n) is 12.2. The number of sulfone groups is 1. The lowest BCUT2D eigenvalue weighted by atomic mass is 10.3. The van der Waals surface area contributed by atoms with Gasteiger partial charge in [-0.25, -0.2) is 12.8 Å². The van der Waals surface area contributed by atoms with Gasteiger partial charge in [-0.1, -0.05) is 12.8 Å². The van der Waals surface area contributed by atoms with Gasteiger partial charge in [-0.2, -0.15) is 0 Å². The summed E-state index contributed by atoms with van der Waals surface area (Å²) in [5.41, 5.74) is 5.19. The summed E-state index contributed by atoms with van der Waals surface area (Å²) in [6.07, 6.45) is 4.64. The van der Waals surface area contributed by atoms with E-state index in [0.29, 0.717) is 10.6 Å². The molecule has 1 aromatic carbocycles. The van der Waals surface area contributed by atoms with Gasteiger partial charge in [0, 0.05) is 6.54 Å². The number of nitrogens with two attached hydrogens (primary N) is 1. The van der Waals surface area contributed by atoms with Gasteiger partial charge in [0.25, 0.3) is 0 Å². The smallest absolute Gasteiger partial charge is 0.181 e. The van der Waals surface area contributed by atoms with Crippen LogP contribution in [-0.2, 0) is 9.84 Å². The average molecular weight is 350 g/mol. The summed E-state index contributed by atoms with van der Waals surface area (Å²) in [6.45, 7) is -0.0836. The van der Waals surface area contributed by atoms with Crippen molar-refractivity contribution in [2.45, 2.75) is 35.8 Å². The van der Waals surface area contributed by atoms with Gasteiger partial charge in [-0.3, -0.25) is 0 Å². The Bertz CT molecular complexity index is 596. The number of halogens is 2. The molecule has 4 nitrogen and oxygen atoms in total. The second-order valence-electron chi connectivity index (χ2n) is 5.10. The van der Waals surface area contributed by atoms with Crippen LogP contribution in [-0.4, -0.2) is 26.8 Å². The Hall–Kier alpha value is -1.11. The lowest BCUT2D eigenvalue weighted by Gasteiger charge is -2.11. The quantitative estimate of drug-likeness (QED) is 0.857. The summed E-state index contributed by atoms with van der Waals surface area (Å²) in [5, 5.41) is -0.269. The van der Waals surface area contributed by atoms with Gasteiger partial charge >= 0.3 is 0 Å². The van der Waals surface area contributed by atoms with Crippen LogP contribution in [0.4, 0.5) is 4.39 Å². The Labute approximate surface area is 136 Å². The first-order valence-corrected chi connectivity index (χ1v) is 8.60. The van der Waals surface area contributed by atoms with Crippen molar-refractivity contribution in [2.75, 3.05) is 13.2 Å². The van der Waals surface area contributed by atoms with Gasteiger partial charge in [0.05, 0.1) is 10.1 Å². The molecule has 7 heteroatoms. The third kappa shape index (κ3) is 4.69. The van der Waals surface area contributed by atoms with E-state index < -0.39 is 15.7 Å². The minimum atomic E-state index is -3.25. The van der Waals surface area contributed by atoms with E-state index >= 15 is 0 Å². The van der Waals surface area contributed by atoms with Crippen molar-refractivity contribution in [3.8, 4) is 5.75 Å². The predicted molar refractivity (Wildman–Crippen MR) is 86.9 cm³/mol. The fourth-order valence-electron chi connectivity index (χ4n) is 2.46. The lowest BCUT2D eigenvalue weighted by molar-refractivity contribution is 0.318. The van der Waals surface area contributed by atoms with Crippen molar-refractivity contribution in [3.05, 3.63) is 36.2 Å². The molecule has 0 radical (unpaired) electrons. The Kier molecular flexibility index (Phi) is 7.32. The van der Waals surface area contributed by atoms with Gasteiger partial charge in [0.15, 0.2) is 9.84 Å². The number of rotatable bonds is 6. The van der Waals surface area contributed by atoms with E-state index in [0.717, 1.165) is 25.7 Å². The molecule has 0 bridgehead atoms. The van der Waals surface area contributed by atoms with E-state index in [9.17, 15) is 12.8 Å². The summed E-state index contributed by atoms with van der Waals surface area (Å²) >= 11 is 0. The predicted octanol–water partition coefficient (Wildman–Crippen LogP) is 3.02. The molecule has 0 aliphatic heterocycles. The van der Waals surface area contributed by atoms with Crippen LogP contribution < -0.4 is 10.5 Å². The summed E-state index contributed by atoms with van der Waals surface area (Å²) in [6, 6.07) is 6.15. The van der Waals surface area contributed by atoms with Gasteiger partial charge in [0.2, 0.25) is 0 Å². The number of hydrogen-bond donors (Lipinski definition) is 1. The normalized spacial score (nSPS) is 16.4. The standard InChI is InChI=1S/C15H20FNO3S.ClH/c16-12(9-10-17)11-20-13-5-7-15(8-6-13)21(18,19)14-3-1-2-4-14;/h5-9,14H,1-4,10-11,17H2;1H/b12-9-;. The lowest BCUT2D eigenvalue weighted by Crippen LogP contribution is -2.17. The minimum absolute atomic E-state index is 0. The van der Waals surface area contributed by atoms with Crippen molar-refractivity contribution in [1.29, 1.82) is 0 Å². The molecule has 1 aliphatic carbocycles. The summed E-state index contributed by atoms with van der Waals surface area (Å²) in [7, 11) is -3.25. The molecule has 1 aromatic rings. The zero-order valence-corrected chi connectivity index (χ0v) is 13.8. The molecule has 1 aliphatic rings. The summed E-state index contributed by atoms with van der Waals surface area (Å²) in [4.78, 5) is 0.305. The molecule has 0 saturated heterocycles. The Morgan fingerprint density at radius 3 is 2.41 bits per heavy atom. The van der Waals surface area contributed by atoms with Gasteiger partial charge in [0.1, 0.15) is 18.2 Å². The zero-order chi connectivity index (χ0) is 15.3. The largest absolute Gasteiger partial charge is 0.487 e. The molecule has 0 atom stereocenters. The monoisotopic (exact) mass is 349 g/mol. The third-order valence-corrected chi connectivity index (χ3v) is 5.89. The van der Waals surface area contributed by atoms with E-state index in [1.807, 2.05) is 0 Å². The maximum Gasteiger partial charge on any atom is 0.181 e. The molecule has 1 fully saturated rings. The topological polar surface area (TPSA) is 69.4 Å². The fourth-order valence-corrected chi connectivity index (χ4v) is 4.31. The highest BCUT2D eigenvalue weighted by Crippen LogP contribution is 2.30. The van der Waals surface area contributed by atoms with E-state index in [2.05, 4.69) is 0 Å². The van der Waals surface area contributed by atoms with Crippen molar-refractivity contribution >= 4 is 22.2 Å². The fraction of sp³-hybridized carbons (Fsp3) is 0.467. The molecule has 0 heterocycles. The van der Waals surface area contributed by atoms with Crippen molar-refractivity contribution in [1.82, 2.24) is 0 Å². The molecule has 0 aromatic heterocycles. The highest BCUT2D eigenvalue weighted by atomic mass is 35.5. The first-order valence-electron chi connectivity index (χ1n) is 7.05. The Morgan fingerprint density at radius 2 is 1.86 bits per heavy atom. The summed E-state index contributed by atoms with van der Waals surface area (Å²) < 4.78 is 43.1. The molecule has 124 valence electrons. The first kappa shape index (κ1) is 18.9. The van der Waals surface area contributed by atoms with Crippen LogP contribution in [0.15, 0.2) is 41.1 Å². The van der Waals surface area contributed by atoms with Crippen LogP contribution in [0.2, 0.25) is 0 Å². The molecule has 0 unspecified atom stereocenters. The first-order chi connectivity index (χ1) is 10.0. The van der Waals surface area contributed by atoms with E-state index in [1.54, 1.807) is 12.1 Å². The molecular formula is C15H21ClFNO3S. The van der Waals surface area contributed by atoms with Crippen LogP contribution in [0, 0.1) is 0 Å². The Morgan fingerprint density at radius 1 is 1.27 bits per heavy atom. The SMILES string of the molecule is Cl.NC/C=C(\F)COc1ccc(S(=O)(=O)C2CCCC2)cc1.